The summed E-state index contributed by atoms with van der Waals surface area (Å²) < 4.78 is 17.7. The summed E-state index contributed by atoms with van der Waals surface area (Å²) in [5.41, 5.74) is 1.67. The van der Waals surface area contributed by atoms with Gasteiger partial charge in [-0.05, 0) is 49.5 Å². The van der Waals surface area contributed by atoms with Crippen molar-refractivity contribution in [3.8, 4) is 5.75 Å². The summed E-state index contributed by atoms with van der Waals surface area (Å²) in [5, 5.41) is 9.85. The van der Waals surface area contributed by atoms with Gasteiger partial charge in [0.2, 0.25) is 0 Å². The molecule has 3 rings (SSSR count). The summed E-state index contributed by atoms with van der Waals surface area (Å²) in [6.45, 7) is 4.45. The lowest BCUT2D eigenvalue weighted by molar-refractivity contribution is 0.306. The van der Waals surface area contributed by atoms with E-state index in [9.17, 15) is 4.21 Å². The van der Waals surface area contributed by atoms with Gasteiger partial charge in [-0.3, -0.25) is 5.14 Å². The highest BCUT2D eigenvalue weighted by atomic mass is 32.2. The van der Waals surface area contributed by atoms with Gasteiger partial charge in [-0.15, -0.1) is 0 Å². The van der Waals surface area contributed by atoms with Gasteiger partial charge in [0.25, 0.3) is 0 Å². The van der Waals surface area contributed by atoms with Crippen LogP contribution in [-0.2, 0) is 16.3 Å². The summed E-state index contributed by atoms with van der Waals surface area (Å²) in [7, 11) is -2.73. The maximum atomic E-state index is 11.9. The Kier molecular flexibility index (Phi) is 5.11. The van der Waals surface area contributed by atoms with Crippen LogP contribution in [0.5, 0.6) is 5.75 Å². The number of rotatable bonds is 6. The number of nitrogens with zero attached hydrogens (tertiary/aromatic N) is 2. The highest BCUT2D eigenvalue weighted by molar-refractivity contribution is 7.98. The van der Waals surface area contributed by atoms with Gasteiger partial charge >= 0.3 is 0 Å². The Bertz CT molecular complexity index is 1030. The van der Waals surface area contributed by atoms with Crippen LogP contribution in [0.25, 0.3) is 10.9 Å². The van der Waals surface area contributed by atoms with Crippen LogP contribution in [0.15, 0.2) is 53.7 Å². The predicted octanol–water partition coefficient (Wildman–Crippen LogP) is 2.98. The molecule has 0 aliphatic rings. The van der Waals surface area contributed by atoms with Crippen LogP contribution in [-0.4, -0.2) is 26.1 Å². The van der Waals surface area contributed by atoms with Crippen molar-refractivity contribution < 1.29 is 8.95 Å². The van der Waals surface area contributed by atoms with E-state index in [0.717, 1.165) is 22.3 Å². The fourth-order valence-electron chi connectivity index (χ4n) is 2.53. The lowest BCUT2D eigenvalue weighted by Crippen LogP contribution is -2.12. The van der Waals surface area contributed by atoms with Crippen LogP contribution in [0.3, 0.4) is 0 Å². The Balaban J connectivity index is 1.80. The molecule has 0 radical (unpaired) electrons. The third kappa shape index (κ3) is 4.30. The Morgan fingerprint density at radius 1 is 1.23 bits per heavy atom. The largest absolute Gasteiger partial charge is 0.489 e. The molecule has 0 spiro atoms. The minimum absolute atomic E-state index is 0.280. The number of ether oxygens (including phenoxy) is 1. The zero-order chi connectivity index (χ0) is 18.7. The molecule has 3 aromatic rings. The van der Waals surface area contributed by atoms with Crippen molar-refractivity contribution in [1.82, 2.24) is 9.97 Å². The van der Waals surface area contributed by atoms with Gasteiger partial charge in [-0.25, -0.2) is 14.2 Å². The summed E-state index contributed by atoms with van der Waals surface area (Å²) in [6, 6.07) is 13.1. The first-order chi connectivity index (χ1) is 12.3. The first-order valence-electron chi connectivity index (χ1n) is 8.21. The number of anilines is 1. The third-order valence-corrected chi connectivity index (χ3v) is 4.79. The molecule has 0 saturated carbocycles. The number of benzene rings is 2. The van der Waals surface area contributed by atoms with Gasteiger partial charge in [-0.2, -0.15) is 0 Å². The first-order valence-corrected chi connectivity index (χ1v) is 10.00. The minimum atomic E-state index is -2.73. The van der Waals surface area contributed by atoms with E-state index in [1.807, 2.05) is 24.3 Å². The van der Waals surface area contributed by atoms with Gasteiger partial charge < -0.3 is 10.1 Å². The molecule has 26 heavy (non-hydrogen) atoms. The van der Waals surface area contributed by atoms with Crippen molar-refractivity contribution in [2.24, 2.45) is 5.14 Å². The molecule has 6 nitrogen and oxygen atoms in total. The van der Waals surface area contributed by atoms with Crippen molar-refractivity contribution in [1.29, 1.82) is 0 Å². The van der Waals surface area contributed by atoms with Gasteiger partial charge in [-0.1, -0.05) is 12.1 Å². The SMILES string of the molecule is C=S(N)(=O)c1cccc(COc2ccc3c(NC(C)C)ncnc3c2)c1. The van der Waals surface area contributed by atoms with E-state index in [0.29, 0.717) is 17.3 Å². The van der Waals surface area contributed by atoms with Crippen LogP contribution in [0.2, 0.25) is 0 Å². The molecule has 1 aromatic heterocycles. The lowest BCUT2D eigenvalue weighted by Gasteiger charge is -2.12. The maximum Gasteiger partial charge on any atom is 0.137 e. The average Bonchev–Trinajstić information content (AvgIpc) is 2.59. The number of hydrogen-bond acceptors (Lipinski definition) is 5. The maximum absolute atomic E-state index is 11.9. The van der Waals surface area contributed by atoms with Crippen LogP contribution >= 0.6 is 0 Å². The first kappa shape index (κ1) is 18.2. The fourth-order valence-corrected chi connectivity index (χ4v) is 3.19. The minimum Gasteiger partial charge on any atom is -0.489 e. The second-order valence-corrected chi connectivity index (χ2v) is 8.29. The molecule has 0 fully saturated rings. The third-order valence-electron chi connectivity index (χ3n) is 3.74. The second-order valence-electron chi connectivity index (χ2n) is 6.36. The van der Waals surface area contributed by atoms with E-state index in [1.165, 1.54) is 6.33 Å². The molecule has 0 amide bonds. The number of nitrogens with two attached hydrogens (primary N) is 1. The molecule has 1 unspecified atom stereocenters. The van der Waals surface area contributed by atoms with Crippen LogP contribution in [0, 0.1) is 0 Å². The fraction of sp³-hybridized carbons (Fsp3) is 0.211. The molecule has 0 bridgehead atoms. The number of aromatic nitrogens is 2. The smallest absolute Gasteiger partial charge is 0.137 e. The molecule has 7 heteroatoms. The molecule has 3 N–H and O–H groups in total. The summed E-state index contributed by atoms with van der Waals surface area (Å²) >= 11 is 0. The monoisotopic (exact) mass is 370 g/mol. The molecule has 1 atom stereocenters. The quantitative estimate of drug-likeness (QED) is 0.651. The van der Waals surface area contributed by atoms with E-state index in [-0.39, 0.29) is 6.04 Å². The van der Waals surface area contributed by atoms with Gasteiger partial charge in [0.05, 0.1) is 15.2 Å². The normalized spacial score (nSPS) is 13.5. The van der Waals surface area contributed by atoms with Crippen molar-refractivity contribution in [2.75, 3.05) is 5.32 Å². The average molecular weight is 370 g/mol. The number of nitrogens with one attached hydrogen (secondary N) is 1. The molecule has 1 heterocycles. The molecule has 0 aliphatic carbocycles. The topological polar surface area (TPSA) is 90.1 Å². The predicted molar refractivity (Wildman–Crippen MR) is 107 cm³/mol. The number of fused-ring (bicyclic) bond motifs is 1. The molecule has 2 aromatic carbocycles. The van der Waals surface area contributed by atoms with E-state index in [2.05, 4.69) is 35.0 Å². The van der Waals surface area contributed by atoms with Gasteiger partial charge in [0.15, 0.2) is 0 Å². The Morgan fingerprint density at radius 3 is 2.77 bits per heavy atom. The summed E-state index contributed by atoms with van der Waals surface area (Å²) in [4.78, 5) is 9.12. The molecule has 0 aliphatic heterocycles. The molecular weight excluding hydrogens is 348 g/mol. The Hall–Kier alpha value is -2.64. The second kappa shape index (κ2) is 7.31. The summed E-state index contributed by atoms with van der Waals surface area (Å²) in [6.07, 6.45) is 1.53. The highest BCUT2D eigenvalue weighted by Gasteiger charge is 2.07. The van der Waals surface area contributed by atoms with Crippen molar-refractivity contribution in [3.63, 3.8) is 0 Å². The zero-order valence-corrected chi connectivity index (χ0v) is 15.6. The molecular formula is C19H22N4O2S. The Morgan fingerprint density at radius 2 is 2.04 bits per heavy atom. The van der Waals surface area contributed by atoms with Gasteiger partial charge in [0, 0.05) is 22.4 Å². The van der Waals surface area contributed by atoms with Crippen molar-refractivity contribution >= 4 is 32.3 Å². The highest BCUT2D eigenvalue weighted by Crippen LogP contribution is 2.25. The van der Waals surface area contributed by atoms with E-state index >= 15 is 0 Å². The lowest BCUT2D eigenvalue weighted by atomic mass is 10.2. The zero-order valence-electron chi connectivity index (χ0n) is 14.8. The van der Waals surface area contributed by atoms with Crippen LogP contribution in [0.1, 0.15) is 19.4 Å². The van der Waals surface area contributed by atoms with Crippen molar-refractivity contribution in [2.45, 2.75) is 31.4 Å². The standard InChI is InChI=1S/C19H22N4O2S/c1-13(2)23-19-17-8-7-15(10-18(17)21-12-22-19)25-11-14-5-4-6-16(9-14)26(3,20)24/h4-10,12-13H,3,11H2,1-2H3,(H2,20,24)(H,21,22,23). The molecule has 0 saturated heterocycles. The van der Waals surface area contributed by atoms with E-state index < -0.39 is 9.71 Å². The number of hydrogen-bond donors (Lipinski definition) is 2. The van der Waals surface area contributed by atoms with E-state index in [4.69, 9.17) is 9.88 Å². The van der Waals surface area contributed by atoms with Crippen LogP contribution in [0.4, 0.5) is 5.82 Å². The summed E-state index contributed by atoms with van der Waals surface area (Å²) in [5.74, 6) is 5.01. The van der Waals surface area contributed by atoms with Crippen molar-refractivity contribution in [3.05, 3.63) is 54.4 Å². The van der Waals surface area contributed by atoms with Crippen LogP contribution < -0.4 is 15.2 Å². The Labute approximate surface area is 153 Å². The molecule has 136 valence electrons. The van der Waals surface area contributed by atoms with E-state index in [1.54, 1.807) is 18.2 Å². The van der Waals surface area contributed by atoms with Gasteiger partial charge in [0.1, 0.15) is 24.5 Å².